The van der Waals surface area contributed by atoms with Crippen LogP contribution < -0.4 is 21.3 Å². The molecule has 198 valence electrons. The standard InChI is InChI=1S/C28H42N4O4/c1-23-20-26(32-12-3-2-4-13-32)8-9-27(23)31-28(33)25-7-5-6-24(21-25)22-30-11-15-35-17-19-36-18-16-34-14-10-29/h5-9,20-21,30H,2-4,10-19,22,29H2,1H3,(H,31,33). The molecule has 8 heteroatoms. The topological polar surface area (TPSA) is 98.1 Å². The van der Waals surface area contributed by atoms with Crippen molar-refractivity contribution in [1.29, 1.82) is 0 Å². The van der Waals surface area contributed by atoms with Crippen LogP contribution in [-0.2, 0) is 20.8 Å². The first-order valence-corrected chi connectivity index (χ1v) is 13.1. The third kappa shape index (κ3) is 9.87. The number of aryl methyl sites for hydroxylation is 1. The fourth-order valence-electron chi connectivity index (χ4n) is 4.16. The van der Waals surface area contributed by atoms with Gasteiger partial charge in [0.1, 0.15) is 0 Å². The van der Waals surface area contributed by atoms with Crippen LogP contribution in [0.4, 0.5) is 11.4 Å². The highest BCUT2D eigenvalue weighted by Gasteiger charge is 2.13. The molecule has 1 aliphatic heterocycles. The smallest absolute Gasteiger partial charge is 0.255 e. The Balaban J connectivity index is 1.35. The molecule has 0 aromatic heterocycles. The van der Waals surface area contributed by atoms with Gasteiger partial charge in [0.25, 0.3) is 5.91 Å². The van der Waals surface area contributed by atoms with Crippen LogP contribution in [0.3, 0.4) is 0 Å². The van der Waals surface area contributed by atoms with Crippen LogP contribution in [0.1, 0.15) is 40.7 Å². The zero-order valence-electron chi connectivity index (χ0n) is 21.6. The Bertz CT molecular complexity index is 918. The summed E-state index contributed by atoms with van der Waals surface area (Å²) in [7, 11) is 0. The first-order valence-electron chi connectivity index (χ1n) is 13.1. The van der Waals surface area contributed by atoms with E-state index in [0.29, 0.717) is 58.3 Å². The molecular formula is C28H42N4O4. The second-order valence-corrected chi connectivity index (χ2v) is 9.00. The molecule has 1 amide bonds. The van der Waals surface area contributed by atoms with Crippen molar-refractivity contribution in [2.24, 2.45) is 5.73 Å². The van der Waals surface area contributed by atoms with Crippen LogP contribution >= 0.6 is 0 Å². The number of benzene rings is 2. The Kier molecular flexibility index (Phi) is 12.7. The highest BCUT2D eigenvalue weighted by molar-refractivity contribution is 6.04. The third-order valence-electron chi connectivity index (χ3n) is 6.13. The maximum absolute atomic E-state index is 12.9. The van der Waals surface area contributed by atoms with Gasteiger partial charge < -0.3 is 35.5 Å². The molecule has 1 saturated heterocycles. The van der Waals surface area contributed by atoms with Gasteiger partial charge in [0.15, 0.2) is 0 Å². The molecule has 0 unspecified atom stereocenters. The molecule has 0 radical (unpaired) electrons. The zero-order chi connectivity index (χ0) is 25.4. The number of piperidine rings is 1. The molecule has 36 heavy (non-hydrogen) atoms. The van der Waals surface area contributed by atoms with Crippen molar-refractivity contribution in [3.63, 3.8) is 0 Å². The number of hydrogen-bond acceptors (Lipinski definition) is 7. The van der Waals surface area contributed by atoms with E-state index in [1.807, 2.05) is 30.3 Å². The van der Waals surface area contributed by atoms with Crippen molar-refractivity contribution in [2.45, 2.75) is 32.7 Å². The van der Waals surface area contributed by atoms with Gasteiger partial charge in [-0.1, -0.05) is 12.1 Å². The van der Waals surface area contributed by atoms with Crippen molar-refractivity contribution in [2.75, 3.05) is 76.0 Å². The van der Waals surface area contributed by atoms with Gasteiger partial charge in [0.05, 0.1) is 39.6 Å². The molecule has 1 fully saturated rings. The monoisotopic (exact) mass is 498 g/mol. The summed E-state index contributed by atoms with van der Waals surface area (Å²) in [5, 5.41) is 6.43. The number of hydrogen-bond donors (Lipinski definition) is 3. The van der Waals surface area contributed by atoms with Gasteiger partial charge in [-0.25, -0.2) is 0 Å². The summed E-state index contributed by atoms with van der Waals surface area (Å²) in [5.41, 5.74) is 10.2. The SMILES string of the molecule is Cc1cc(N2CCCCC2)ccc1NC(=O)c1cccc(CNCCOCCOCCOCCN)c1. The fourth-order valence-corrected chi connectivity index (χ4v) is 4.16. The average Bonchev–Trinajstić information content (AvgIpc) is 2.91. The number of nitrogens with one attached hydrogen (secondary N) is 2. The Morgan fingerprint density at radius 1 is 0.917 bits per heavy atom. The first kappa shape index (κ1) is 28.1. The lowest BCUT2D eigenvalue weighted by atomic mass is 10.1. The summed E-state index contributed by atoms with van der Waals surface area (Å²) in [4.78, 5) is 15.3. The molecule has 1 aliphatic rings. The van der Waals surface area contributed by atoms with Crippen LogP contribution in [0.15, 0.2) is 42.5 Å². The van der Waals surface area contributed by atoms with Gasteiger partial charge in [-0.15, -0.1) is 0 Å². The second-order valence-electron chi connectivity index (χ2n) is 9.00. The summed E-state index contributed by atoms with van der Waals surface area (Å²) in [6.45, 7) is 9.55. The van der Waals surface area contributed by atoms with Crippen molar-refractivity contribution >= 4 is 17.3 Å². The summed E-state index contributed by atoms with van der Waals surface area (Å²) in [5.74, 6) is -0.0950. The number of carbonyl (C=O) groups is 1. The number of ether oxygens (including phenoxy) is 3. The summed E-state index contributed by atoms with van der Waals surface area (Å²) in [6, 6.07) is 14.0. The van der Waals surface area contributed by atoms with Crippen LogP contribution in [0.5, 0.6) is 0 Å². The van der Waals surface area contributed by atoms with Crippen LogP contribution in [-0.4, -0.2) is 71.7 Å². The number of rotatable bonds is 16. The molecule has 3 rings (SSSR count). The van der Waals surface area contributed by atoms with Crippen molar-refractivity contribution < 1.29 is 19.0 Å². The average molecular weight is 499 g/mol. The van der Waals surface area contributed by atoms with Gasteiger partial charge in [0, 0.05) is 49.7 Å². The van der Waals surface area contributed by atoms with E-state index in [2.05, 4.69) is 34.6 Å². The first-order chi connectivity index (χ1) is 17.7. The normalized spacial score (nSPS) is 13.7. The van der Waals surface area contributed by atoms with Gasteiger partial charge in [-0.2, -0.15) is 0 Å². The predicted molar refractivity (Wildman–Crippen MR) is 145 cm³/mol. The molecule has 0 bridgehead atoms. The number of carbonyl (C=O) groups excluding carboxylic acids is 1. The summed E-state index contributed by atoms with van der Waals surface area (Å²) in [6.07, 6.45) is 3.81. The molecule has 2 aromatic rings. The van der Waals surface area contributed by atoms with Crippen molar-refractivity contribution in [3.05, 3.63) is 59.2 Å². The predicted octanol–water partition coefficient (Wildman–Crippen LogP) is 3.34. The van der Waals surface area contributed by atoms with E-state index < -0.39 is 0 Å². The lowest BCUT2D eigenvalue weighted by Gasteiger charge is -2.29. The Morgan fingerprint density at radius 3 is 2.36 bits per heavy atom. The number of nitrogens with zero attached hydrogens (tertiary/aromatic N) is 1. The van der Waals surface area contributed by atoms with Gasteiger partial charge in [0.2, 0.25) is 0 Å². The minimum Gasteiger partial charge on any atom is -0.378 e. The number of anilines is 2. The van der Waals surface area contributed by atoms with E-state index >= 15 is 0 Å². The van der Waals surface area contributed by atoms with Crippen molar-refractivity contribution in [3.8, 4) is 0 Å². The Hall–Kier alpha value is -2.49. The van der Waals surface area contributed by atoms with Gasteiger partial charge in [-0.3, -0.25) is 4.79 Å². The van der Waals surface area contributed by atoms with Crippen LogP contribution in [0, 0.1) is 6.92 Å². The fraction of sp³-hybridized carbons (Fsp3) is 0.536. The Labute approximate surface area is 215 Å². The highest BCUT2D eigenvalue weighted by Crippen LogP contribution is 2.25. The maximum Gasteiger partial charge on any atom is 0.255 e. The molecule has 1 heterocycles. The summed E-state index contributed by atoms with van der Waals surface area (Å²) < 4.78 is 16.2. The molecule has 2 aromatic carbocycles. The highest BCUT2D eigenvalue weighted by atomic mass is 16.5. The molecule has 0 atom stereocenters. The van der Waals surface area contributed by atoms with E-state index in [-0.39, 0.29) is 5.91 Å². The molecule has 0 spiro atoms. The van der Waals surface area contributed by atoms with Crippen LogP contribution in [0.2, 0.25) is 0 Å². The van der Waals surface area contributed by atoms with E-state index in [1.54, 1.807) is 0 Å². The molecular weight excluding hydrogens is 456 g/mol. The van der Waals surface area contributed by atoms with E-state index in [0.717, 1.165) is 36.4 Å². The maximum atomic E-state index is 12.9. The molecule has 4 N–H and O–H groups in total. The van der Waals surface area contributed by atoms with E-state index in [1.165, 1.54) is 24.9 Å². The quantitative estimate of drug-likeness (QED) is 0.305. The van der Waals surface area contributed by atoms with Crippen molar-refractivity contribution in [1.82, 2.24) is 5.32 Å². The second kappa shape index (κ2) is 16.3. The largest absolute Gasteiger partial charge is 0.378 e. The zero-order valence-corrected chi connectivity index (χ0v) is 21.6. The van der Waals surface area contributed by atoms with Gasteiger partial charge in [-0.05, 0) is 67.6 Å². The molecule has 0 aliphatic carbocycles. The minimum absolute atomic E-state index is 0.0950. The van der Waals surface area contributed by atoms with E-state index in [4.69, 9.17) is 19.9 Å². The lowest BCUT2D eigenvalue weighted by molar-refractivity contribution is 0.0165. The number of amides is 1. The van der Waals surface area contributed by atoms with Gasteiger partial charge >= 0.3 is 0 Å². The summed E-state index contributed by atoms with van der Waals surface area (Å²) >= 11 is 0. The van der Waals surface area contributed by atoms with E-state index in [9.17, 15) is 4.79 Å². The van der Waals surface area contributed by atoms with Crippen LogP contribution in [0.25, 0.3) is 0 Å². The molecule has 0 saturated carbocycles. The minimum atomic E-state index is -0.0950. The Morgan fingerprint density at radius 2 is 1.64 bits per heavy atom. The number of nitrogens with two attached hydrogens (primary N) is 1. The third-order valence-corrected chi connectivity index (χ3v) is 6.13. The lowest BCUT2D eigenvalue weighted by Crippen LogP contribution is -2.29. The molecule has 8 nitrogen and oxygen atoms in total.